The lowest BCUT2D eigenvalue weighted by molar-refractivity contribution is -0.139. The van der Waals surface area contributed by atoms with Crippen LogP contribution in [0.5, 0.6) is 0 Å². The van der Waals surface area contributed by atoms with Crippen LogP contribution in [0.15, 0.2) is 18.2 Å². The van der Waals surface area contributed by atoms with Crippen molar-refractivity contribution in [2.75, 3.05) is 38.3 Å². The van der Waals surface area contributed by atoms with Gasteiger partial charge in [-0.25, -0.2) is 0 Å². The number of rotatable bonds is 4. The zero-order chi connectivity index (χ0) is 20.8. The topological polar surface area (TPSA) is 113 Å². The third-order valence-corrected chi connectivity index (χ3v) is 6.37. The largest absolute Gasteiger partial charge is 0.625 e. The van der Waals surface area contributed by atoms with Crippen LogP contribution in [-0.4, -0.2) is 67.2 Å². The predicted octanol–water partition coefficient (Wildman–Crippen LogP) is 0.968. The number of quaternary nitrogens is 1. The molecule has 0 aliphatic carbocycles. The summed E-state index contributed by atoms with van der Waals surface area (Å²) in [6.45, 7) is 1.69. The molecule has 2 fully saturated rings. The molecule has 2 amide bonds. The molecule has 2 atom stereocenters. The van der Waals surface area contributed by atoms with Crippen LogP contribution in [0.4, 0.5) is 11.4 Å². The Balaban J connectivity index is 1.54. The monoisotopic (exact) mass is 402 g/mol. The Morgan fingerprint density at radius 3 is 2.66 bits per heavy atom. The number of carbonyl (C=O) groups excluding carboxylic acids is 2. The number of anilines is 1. The lowest BCUT2D eigenvalue weighted by atomic mass is 9.89. The van der Waals surface area contributed by atoms with Crippen molar-refractivity contribution in [3.63, 3.8) is 0 Å². The van der Waals surface area contributed by atoms with Crippen LogP contribution in [-0.2, 0) is 14.4 Å². The fourth-order valence-corrected chi connectivity index (χ4v) is 4.85. The number of likely N-dealkylation sites (tertiary alicyclic amines) is 1. The van der Waals surface area contributed by atoms with Crippen LogP contribution in [0, 0.1) is 5.21 Å². The van der Waals surface area contributed by atoms with Crippen LogP contribution in [0.25, 0.3) is 0 Å². The van der Waals surface area contributed by atoms with Gasteiger partial charge in [0.05, 0.1) is 6.54 Å². The number of nitrogens with zero attached hydrogens (tertiary/aromatic N) is 3. The molecule has 0 spiro atoms. The maximum atomic E-state index is 13.7. The molecule has 2 unspecified atom stereocenters. The van der Waals surface area contributed by atoms with E-state index >= 15 is 0 Å². The van der Waals surface area contributed by atoms with Gasteiger partial charge in [-0.1, -0.05) is 6.07 Å². The van der Waals surface area contributed by atoms with Gasteiger partial charge < -0.3 is 15.2 Å². The number of aliphatic carboxylic acids is 1. The van der Waals surface area contributed by atoms with Crippen molar-refractivity contribution in [2.24, 2.45) is 0 Å². The van der Waals surface area contributed by atoms with Gasteiger partial charge >= 0.3 is 5.97 Å². The van der Waals surface area contributed by atoms with Crippen molar-refractivity contribution in [3.8, 4) is 0 Å². The maximum absolute atomic E-state index is 13.7. The summed E-state index contributed by atoms with van der Waals surface area (Å²) in [5.74, 6) is -1.30. The molecule has 156 valence electrons. The molecule has 2 N–H and O–H groups in total. The van der Waals surface area contributed by atoms with E-state index in [0.717, 1.165) is 37.2 Å². The Morgan fingerprint density at radius 1 is 1.28 bits per heavy atom. The molecular formula is C20H26N4O5. The molecule has 3 aliphatic heterocycles. The van der Waals surface area contributed by atoms with Crippen LogP contribution in [0.1, 0.15) is 37.2 Å². The molecule has 0 aromatic heterocycles. The summed E-state index contributed by atoms with van der Waals surface area (Å²) in [6, 6.07) is 5.01. The fourth-order valence-electron chi connectivity index (χ4n) is 4.85. The van der Waals surface area contributed by atoms with Crippen molar-refractivity contribution >= 4 is 29.2 Å². The van der Waals surface area contributed by atoms with E-state index in [0.29, 0.717) is 11.6 Å². The predicted molar refractivity (Wildman–Crippen MR) is 107 cm³/mol. The second kappa shape index (κ2) is 7.40. The molecule has 0 radical (unpaired) electrons. The van der Waals surface area contributed by atoms with E-state index in [1.807, 2.05) is 35.0 Å². The Morgan fingerprint density at radius 2 is 2.00 bits per heavy atom. The summed E-state index contributed by atoms with van der Waals surface area (Å²) in [6.07, 6.45) is 2.19. The highest BCUT2D eigenvalue weighted by molar-refractivity contribution is 6.01. The van der Waals surface area contributed by atoms with Crippen molar-refractivity contribution in [1.29, 1.82) is 0 Å². The van der Waals surface area contributed by atoms with Gasteiger partial charge in [-0.05, 0) is 43.5 Å². The summed E-state index contributed by atoms with van der Waals surface area (Å²) >= 11 is 0. The lowest BCUT2D eigenvalue weighted by Gasteiger charge is -2.44. The van der Waals surface area contributed by atoms with Gasteiger partial charge in [0, 0.05) is 26.0 Å². The Kier molecular flexibility index (Phi) is 5.05. The van der Waals surface area contributed by atoms with Crippen molar-refractivity contribution < 1.29 is 19.5 Å². The number of imide groups is 1. The SMILES string of the molecule is CN1C[N+]([O-])(C2CCC(=O)NC2=O)c2ccc(C3CCN(CC(=O)O)CC3)cc21. The number of hydrogen-bond acceptors (Lipinski definition) is 6. The zero-order valence-electron chi connectivity index (χ0n) is 16.5. The molecular weight excluding hydrogens is 376 g/mol. The second-order valence-corrected chi connectivity index (χ2v) is 8.29. The van der Waals surface area contributed by atoms with E-state index in [4.69, 9.17) is 5.11 Å². The first-order valence-electron chi connectivity index (χ1n) is 10.00. The molecule has 1 aromatic rings. The molecule has 3 aliphatic rings. The van der Waals surface area contributed by atoms with E-state index in [1.165, 1.54) is 0 Å². The number of nitrogens with one attached hydrogen (secondary N) is 1. The molecule has 0 saturated carbocycles. The Bertz CT molecular complexity index is 851. The summed E-state index contributed by atoms with van der Waals surface area (Å²) in [5.41, 5.74) is 2.53. The first kappa shape index (κ1) is 19.8. The number of amides is 2. The number of hydrogen-bond donors (Lipinski definition) is 2. The fraction of sp³-hybridized carbons (Fsp3) is 0.550. The highest BCUT2D eigenvalue weighted by Crippen LogP contribution is 2.45. The standard InChI is InChI=1S/C20H26N4O5/c1-22-12-24(29,17-4-5-18(25)21-20(17)28)16-3-2-14(10-15(16)22)13-6-8-23(9-7-13)11-19(26)27/h2-3,10,13,17H,4-9,11-12H2,1H3,(H,26,27)(H,21,25,28). The van der Waals surface area contributed by atoms with E-state index in [9.17, 15) is 19.6 Å². The van der Waals surface area contributed by atoms with Crippen LogP contribution in [0.3, 0.4) is 0 Å². The van der Waals surface area contributed by atoms with Gasteiger partial charge in [-0.3, -0.25) is 29.2 Å². The van der Waals surface area contributed by atoms with E-state index in [-0.39, 0.29) is 32.0 Å². The van der Waals surface area contributed by atoms with Crippen LogP contribution in [0.2, 0.25) is 0 Å². The van der Waals surface area contributed by atoms with E-state index < -0.39 is 22.6 Å². The highest BCUT2D eigenvalue weighted by Gasteiger charge is 2.46. The molecule has 9 heteroatoms. The maximum Gasteiger partial charge on any atom is 0.317 e. The third kappa shape index (κ3) is 3.61. The minimum Gasteiger partial charge on any atom is -0.625 e. The quantitative estimate of drug-likeness (QED) is 0.438. The molecule has 3 heterocycles. The second-order valence-electron chi connectivity index (χ2n) is 8.29. The normalized spacial score (nSPS) is 28.3. The van der Waals surface area contributed by atoms with Crippen LogP contribution >= 0.6 is 0 Å². The summed E-state index contributed by atoms with van der Waals surface area (Å²) in [5, 5.41) is 24.9. The Hall–Kier alpha value is -2.49. The number of fused-ring (bicyclic) bond motifs is 1. The van der Waals surface area contributed by atoms with Crippen molar-refractivity contribution in [3.05, 3.63) is 29.0 Å². The van der Waals surface area contributed by atoms with Gasteiger partial charge in [-0.2, -0.15) is 0 Å². The number of carbonyl (C=O) groups is 3. The average Bonchev–Trinajstić information content (AvgIpc) is 2.92. The van der Waals surface area contributed by atoms with E-state index in [2.05, 4.69) is 5.32 Å². The summed E-state index contributed by atoms with van der Waals surface area (Å²) < 4.78 is -0.762. The molecule has 0 bridgehead atoms. The molecule has 4 rings (SSSR count). The highest BCUT2D eigenvalue weighted by atomic mass is 16.6. The third-order valence-electron chi connectivity index (χ3n) is 6.37. The molecule has 2 saturated heterocycles. The first-order valence-corrected chi connectivity index (χ1v) is 10.00. The average molecular weight is 402 g/mol. The first-order chi connectivity index (χ1) is 13.8. The van der Waals surface area contributed by atoms with Gasteiger partial charge in [-0.15, -0.1) is 0 Å². The summed E-state index contributed by atoms with van der Waals surface area (Å²) in [4.78, 5) is 38.5. The molecule has 1 aromatic carbocycles. The molecule has 9 nitrogen and oxygen atoms in total. The number of hydroxylamine groups is 2. The summed E-state index contributed by atoms with van der Waals surface area (Å²) in [7, 11) is 1.85. The zero-order valence-corrected chi connectivity index (χ0v) is 16.5. The van der Waals surface area contributed by atoms with Gasteiger partial charge in [0.15, 0.2) is 18.4 Å². The lowest BCUT2D eigenvalue weighted by Crippen LogP contribution is -2.62. The van der Waals surface area contributed by atoms with Gasteiger partial charge in [0.25, 0.3) is 5.91 Å². The number of piperidine rings is 2. The minimum atomic E-state index is -0.818. The van der Waals surface area contributed by atoms with Crippen molar-refractivity contribution in [1.82, 2.24) is 14.9 Å². The van der Waals surface area contributed by atoms with Gasteiger partial charge in [0.2, 0.25) is 5.91 Å². The minimum absolute atomic E-state index is 0.0712. The van der Waals surface area contributed by atoms with Crippen LogP contribution < -0.4 is 14.9 Å². The Labute approximate surface area is 169 Å². The number of carboxylic acids is 1. The van der Waals surface area contributed by atoms with Gasteiger partial charge in [0.1, 0.15) is 5.69 Å². The van der Waals surface area contributed by atoms with Crippen molar-refractivity contribution in [2.45, 2.75) is 37.6 Å². The number of carboxylic acid groups (broad SMARTS) is 1. The molecule has 29 heavy (non-hydrogen) atoms. The smallest absolute Gasteiger partial charge is 0.317 e. The number of benzene rings is 1. The van der Waals surface area contributed by atoms with E-state index in [1.54, 1.807) is 0 Å².